The maximum absolute atomic E-state index is 13.0. The highest BCUT2D eigenvalue weighted by Gasteiger charge is 2.24. The number of urea groups is 1. The van der Waals surface area contributed by atoms with Gasteiger partial charge in [0.15, 0.2) is 6.10 Å². The van der Waals surface area contributed by atoms with Crippen LogP contribution in [0.3, 0.4) is 0 Å². The molecule has 10 heteroatoms. The third-order valence-electron chi connectivity index (χ3n) is 5.17. The number of anilines is 1. The molecule has 2 aromatic rings. The highest BCUT2D eigenvalue weighted by molar-refractivity contribution is 8.00. The lowest BCUT2D eigenvalue weighted by molar-refractivity contribution is -0.128. The summed E-state index contributed by atoms with van der Waals surface area (Å²) in [4.78, 5) is 49.6. The summed E-state index contributed by atoms with van der Waals surface area (Å²) >= 11 is 1.12. The van der Waals surface area contributed by atoms with E-state index in [1.807, 2.05) is 0 Å². The second-order valence-corrected chi connectivity index (χ2v) is 8.85. The fourth-order valence-electron chi connectivity index (χ4n) is 3.42. The number of rotatable bonds is 8. The maximum atomic E-state index is 13.0. The molecule has 1 aliphatic rings. The van der Waals surface area contributed by atoms with Gasteiger partial charge < -0.3 is 15.4 Å². The fraction of sp³-hybridized carbons (Fsp3) is 0.333. The Morgan fingerprint density at radius 1 is 1.06 bits per heavy atom. The van der Waals surface area contributed by atoms with Crippen molar-refractivity contribution < 1.29 is 28.3 Å². The third kappa shape index (κ3) is 7.58. The van der Waals surface area contributed by atoms with E-state index in [0.717, 1.165) is 37.4 Å². The van der Waals surface area contributed by atoms with Gasteiger partial charge in [-0.3, -0.25) is 14.9 Å². The predicted molar refractivity (Wildman–Crippen MR) is 126 cm³/mol. The number of imide groups is 1. The number of hydrogen-bond donors (Lipinski definition) is 3. The minimum Gasteiger partial charge on any atom is -0.449 e. The predicted octanol–water partition coefficient (Wildman–Crippen LogP) is 3.87. The van der Waals surface area contributed by atoms with E-state index in [1.54, 1.807) is 18.2 Å². The number of carbonyl (C=O) groups excluding carboxylic acids is 4. The molecule has 1 saturated carbocycles. The molecule has 0 unspecified atom stereocenters. The number of nitrogens with one attached hydrogen (secondary N) is 3. The number of halogens is 1. The number of hydrogen-bond acceptors (Lipinski definition) is 6. The summed E-state index contributed by atoms with van der Waals surface area (Å²) in [5.41, 5.74) is 0.647. The first kappa shape index (κ1) is 25.2. The summed E-state index contributed by atoms with van der Waals surface area (Å²) in [5.74, 6) is -2.22. The minimum atomic E-state index is -1.19. The zero-order valence-corrected chi connectivity index (χ0v) is 19.5. The van der Waals surface area contributed by atoms with Crippen molar-refractivity contribution in [1.29, 1.82) is 0 Å². The van der Waals surface area contributed by atoms with Crippen molar-refractivity contribution in [3.05, 3.63) is 59.9 Å². The van der Waals surface area contributed by atoms with Crippen LogP contribution in [0.25, 0.3) is 0 Å². The van der Waals surface area contributed by atoms with Crippen molar-refractivity contribution >= 4 is 41.3 Å². The lowest BCUT2D eigenvalue weighted by Gasteiger charge is -2.16. The van der Waals surface area contributed by atoms with Crippen molar-refractivity contribution in [2.45, 2.75) is 49.6 Å². The first-order valence-corrected chi connectivity index (χ1v) is 11.9. The number of carbonyl (C=O) groups is 4. The van der Waals surface area contributed by atoms with Crippen LogP contribution in [0.4, 0.5) is 14.9 Å². The van der Waals surface area contributed by atoms with Gasteiger partial charge in [-0.25, -0.2) is 14.0 Å². The van der Waals surface area contributed by atoms with E-state index in [4.69, 9.17) is 4.74 Å². The lowest BCUT2D eigenvalue weighted by atomic mass is 10.2. The average molecular weight is 488 g/mol. The molecule has 0 heterocycles. The SMILES string of the molecule is C[C@H](OC(=O)c1ccccc1SCC(=O)Nc1ccc(F)cc1)C(=O)NC(=O)NC1CCCC1. The Hall–Kier alpha value is -3.40. The quantitative estimate of drug-likeness (QED) is 0.385. The van der Waals surface area contributed by atoms with Gasteiger partial charge in [-0.05, 0) is 56.2 Å². The largest absolute Gasteiger partial charge is 0.449 e. The molecule has 34 heavy (non-hydrogen) atoms. The Bertz CT molecular complexity index is 1040. The van der Waals surface area contributed by atoms with Gasteiger partial charge in [0.1, 0.15) is 5.82 Å². The highest BCUT2D eigenvalue weighted by Crippen LogP contribution is 2.24. The topological polar surface area (TPSA) is 114 Å². The molecule has 0 spiro atoms. The molecule has 3 rings (SSSR count). The van der Waals surface area contributed by atoms with E-state index in [-0.39, 0.29) is 23.3 Å². The Morgan fingerprint density at radius 3 is 2.44 bits per heavy atom. The van der Waals surface area contributed by atoms with Gasteiger partial charge in [0.25, 0.3) is 5.91 Å². The van der Waals surface area contributed by atoms with Gasteiger partial charge in [0.2, 0.25) is 5.91 Å². The molecule has 1 fully saturated rings. The van der Waals surface area contributed by atoms with Gasteiger partial charge in [0.05, 0.1) is 11.3 Å². The lowest BCUT2D eigenvalue weighted by Crippen LogP contribution is -2.47. The van der Waals surface area contributed by atoms with Gasteiger partial charge in [-0.2, -0.15) is 0 Å². The number of amides is 4. The average Bonchev–Trinajstić information content (AvgIpc) is 3.32. The highest BCUT2D eigenvalue weighted by atomic mass is 32.2. The van der Waals surface area contributed by atoms with Crippen LogP contribution in [0.2, 0.25) is 0 Å². The summed E-state index contributed by atoms with van der Waals surface area (Å²) < 4.78 is 18.2. The van der Waals surface area contributed by atoms with Crippen molar-refractivity contribution in [1.82, 2.24) is 10.6 Å². The molecule has 0 aliphatic heterocycles. The molecule has 0 saturated heterocycles. The van der Waals surface area contributed by atoms with Crippen molar-refractivity contribution in [2.75, 3.05) is 11.1 Å². The van der Waals surface area contributed by atoms with E-state index in [1.165, 1.54) is 37.3 Å². The molecule has 0 bridgehead atoms. The summed E-state index contributed by atoms with van der Waals surface area (Å²) in [6.45, 7) is 1.38. The number of benzene rings is 2. The molecule has 3 N–H and O–H groups in total. The second-order valence-electron chi connectivity index (χ2n) is 7.83. The molecule has 8 nitrogen and oxygen atoms in total. The van der Waals surface area contributed by atoms with Crippen LogP contribution in [0.1, 0.15) is 43.0 Å². The Morgan fingerprint density at radius 2 is 1.74 bits per heavy atom. The van der Waals surface area contributed by atoms with Gasteiger partial charge in [-0.1, -0.05) is 25.0 Å². The summed E-state index contributed by atoms with van der Waals surface area (Å²) in [6.07, 6.45) is 2.64. The van der Waals surface area contributed by atoms with Crippen molar-refractivity contribution in [3.8, 4) is 0 Å². The van der Waals surface area contributed by atoms with Crippen LogP contribution in [0, 0.1) is 5.82 Å². The summed E-state index contributed by atoms with van der Waals surface area (Å²) in [7, 11) is 0. The first-order chi connectivity index (χ1) is 16.3. The number of thioether (sulfide) groups is 1. The molecule has 0 radical (unpaired) electrons. The second kappa shape index (κ2) is 12.2. The summed E-state index contributed by atoms with van der Waals surface area (Å²) in [5, 5.41) is 7.58. The van der Waals surface area contributed by atoms with E-state index in [0.29, 0.717) is 10.6 Å². The van der Waals surface area contributed by atoms with E-state index >= 15 is 0 Å². The van der Waals surface area contributed by atoms with Crippen LogP contribution in [0.5, 0.6) is 0 Å². The van der Waals surface area contributed by atoms with Gasteiger partial charge in [0, 0.05) is 16.6 Å². The molecule has 4 amide bonds. The van der Waals surface area contributed by atoms with Crippen molar-refractivity contribution in [2.24, 2.45) is 0 Å². The van der Waals surface area contributed by atoms with E-state index in [9.17, 15) is 23.6 Å². The smallest absolute Gasteiger partial charge is 0.340 e. The zero-order chi connectivity index (χ0) is 24.5. The standard InChI is InChI=1S/C24H26FN3O5S/c1-15(22(30)28-24(32)27-17-6-2-3-7-17)33-23(31)19-8-4-5-9-20(19)34-14-21(29)26-18-12-10-16(25)11-13-18/h4-5,8-13,15,17H,2-3,6-7,14H2,1H3,(H,26,29)(H2,27,28,30,32)/t15-/m0/s1. The number of esters is 1. The van der Waals surface area contributed by atoms with E-state index in [2.05, 4.69) is 16.0 Å². The van der Waals surface area contributed by atoms with E-state index < -0.39 is 29.8 Å². The molecular formula is C24H26FN3O5S. The third-order valence-corrected chi connectivity index (χ3v) is 6.25. The van der Waals surface area contributed by atoms with Crippen LogP contribution >= 0.6 is 11.8 Å². The van der Waals surface area contributed by atoms with Crippen LogP contribution < -0.4 is 16.0 Å². The van der Waals surface area contributed by atoms with Crippen LogP contribution in [-0.4, -0.2) is 41.7 Å². The van der Waals surface area contributed by atoms with Gasteiger partial charge in [-0.15, -0.1) is 11.8 Å². The molecular weight excluding hydrogens is 461 g/mol. The van der Waals surface area contributed by atoms with Gasteiger partial charge >= 0.3 is 12.0 Å². The molecule has 0 aromatic heterocycles. The summed E-state index contributed by atoms with van der Waals surface area (Å²) in [6, 6.07) is 11.4. The van der Waals surface area contributed by atoms with Crippen LogP contribution in [-0.2, 0) is 14.3 Å². The normalized spacial score (nSPS) is 14.2. The molecule has 1 aliphatic carbocycles. The Labute approximate surface area is 201 Å². The minimum absolute atomic E-state index is 0.000945. The first-order valence-electron chi connectivity index (χ1n) is 10.9. The number of ether oxygens (including phenoxy) is 1. The maximum Gasteiger partial charge on any atom is 0.340 e. The Kier molecular flexibility index (Phi) is 9.03. The fourth-order valence-corrected chi connectivity index (χ4v) is 4.26. The van der Waals surface area contributed by atoms with Crippen LogP contribution in [0.15, 0.2) is 53.4 Å². The zero-order valence-electron chi connectivity index (χ0n) is 18.6. The molecule has 2 aromatic carbocycles. The monoisotopic (exact) mass is 487 g/mol. The molecule has 1 atom stereocenters. The molecule has 180 valence electrons. The Balaban J connectivity index is 1.51. The van der Waals surface area contributed by atoms with Crippen molar-refractivity contribution in [3.63, 3.8) is 0 Å².